The summed E-state index contributed by atoms with van der Waals surface area (Å²) in [6, 6.07) is 2.09. The van der Waals surface area contributed by atoms with Gasteiger partial charge in [-0.3, -0.25) is 9.79 Å². The van der Waals surface area contributed by atoms with E-state index in [0.717, 1.165) is 6.54 Å². The fraction of sp³-hybridized carbons (Fsp3) is 0.538. The Kier molecular flexibility index (Phi) is 9.56. The number of ether oxygens (including phenoxy) is 1. The maximum atomic E-state index is 11.3. The molecule has 0 saturated heterocycles. The van der Waals surface area contributed by atoms with E-state index >= 15 is 0 Å². The summed E-state index contributed by atoms with van der Waals surface area (Å²) in [6.07, 6.45) is 0. The van der Waals surface area contributed by atoms with Crippen LogP contribution in [0.4, 0.5) is 0 Å². The molecule has 1 aromatic rings. The van der Waals surface area contributed by atoms with Crippen molar-refractivity contribution in [3.8, 4) is 0 Å². The molecule has 0 aliphatic carbocycles. The van der Waals surface area contributed by atoms with E-state index < -0.39 is 0 Å². The predicted molar refractivity (Wildman–Crippen MR) is 93.9 cm³/mol. The maximum absolute atomic E-state index is 11.3. The van der Waals surface area contributed by atoms with E-state index in [1.807, 2.05) is 6.92 Å². The Labute approximate surface area is 141 Å². The van der Waals surface area contributed by atoms with Crippen molar-refractivity contribution in [2.75, 3.05) is 20.7 Å². The third-order valence-corrected chi connectivity index (χ3v) is 3.81. The third-order valence-electron chi connectivity index (χ3n) is 2.79. The van der Waals surface area contributed by atoms with Crippen molar-refractivity contribution >= 4 is 47.2 Å². The van der Waals surface area contributed by atoms with Crippen molar-refractivity contribution in [2.45, 2.75) is 20.4 Å². The molecular formula is C13H22IN3O2S. The van der Waals surface area contributed by atoms with Gasteiger partial charge in [-0.05, 0) is 23.9 Å². The minimum atomic E-state index is -0.225. The number of carbonyl (C=O) groups is 1. The average molecular weight is 411 g/mol. The van der Waals surface area contributed by atoms with Crippen LogP contribution in [0, 0.1) is 12.8 Å². The normalized spacial score (nSPS) is 12.3. The molecule has 0 aromatic carbocycles. The van der Waals surface area contributed by atoms with E-state index in [0.29, 0.717) is 12.5 Å². The Morgan fingerprint density at radius 2 is 2.20 bits per heavy atom. The summed E-state index contributed by atoms with van der Waals surface area (Å²) in [7, 11) is 3.10. The molecule has 0 saturated carbocycles. The zero-order valence-electron chi connectivity index (χ0n) is 12.2. The zero-order chi connectivity index (χ0) is 14.3. The number of aryl methyl sites for hydroxylation is 1. The summed E-state index contributed by atoms with van der Waals surface area (Å²) >= 11 is 1.72. The summed E-state index contributed by atoms with van der Waals surface area (Å²) in [5, 5.41) is 8.40. The van der Waals surface area contributed by atoms with Gasteiger partial charge in [0.25, 0.3) is 0 Å². The topological polar surface area (TPSA) is 62.7 Å². The highest BCUT2D eigenvalue weighted by Gasteiger charge is 2.13. The monoisotopic (exact) mass is 411 g/mol. The van der Waals surface area contributed by atoms with Crippen LogP contribution in [0.25, 0.3) is 0 Å². The summed E-state index contributed by atoms with van der Waals surface area (Å²) in [5.74, 6) is 0.257. The Hall–Kier alpha value is -0.830. The third kappa shape index (κ3) is 6.08. The van der Waals surface area contributed by atoms with Crippen LogP contribution in [0.3, 0.4) is 0 Å². The van der Waals surface area contributed by atoms with Gasteiger partial charge in [0.2, 0.25) is 0 Å². The van der Waals surface area contributed by atoms with Crippen molar-refractivity contribution in [1.29, 1.82) is 0 Å². The number of rotatable bonds is 5. The molecule has 1 rings (SSSR count). The second-order valence-corrected chi connectivity index (χ2v) is 5.26. The molecule has 1 aromatic heterocycles. The molecule has 0 spiro atoms. The number of nitrogens with one attached hydrogen (secondary N) is 2. The number of thiophene rings is 1. The maximum Gasteiger partial charge on any atom is 0.310 e. The highest BCUT2D eigenvalue weighted by molar-refractivity contribution is 14.0. The van der Waals surface area contributed by atoms with Crippen LogP contribution in [0.1, 0.15) is 17.4 Å². The van der Waals surface area contributed by atoms with Gasteiger partial charge in [-0.25, -0.2) is 0 Å². The van der Waals surface area contributed by atoms with E-state index in [1.54, 1.807) is 18.4 Å². The lowest BCUT2D eigenvalue weighted by atomic mass is 10.2. The van der Waals surface area contributed by atoms with Crippen molar-refractivity contribution < 1.29 is 9.53 Å². The highest BCUT2D eigenvalue weighted by Crippen LogP contribution is 2.14. The standard InChI is InChI=1S/C13H21N3O2S.HI/c1-9-5-6-19-11(9)8-16-13(14-3)15-7-10(2)12(17)18-4;/h5-6,10H,7-8H2,1-4H3,(H2,14,15,16);1H. The van der Waals surface area contributed by atoms with Crippen molar-refractivity contribution in [2.24, 2.45) is 10.9 Å². The van der Waals surface area contributed by atoms with Crippen molar-refractivity contribution in [1.82, 2.24) is 10.6 Å². The van der Waals surface area contributed by atoms with Crippen LogP contribution in [-0.4, -0.2) is 32.6 Å². The molecule has 0 radical (unpaired) electrons. The lowest BCUT2D eigenvalue weighted by Gasteiger charge is -2.14. The zero-order valence-corrected chi connectivity index (χ0v) is 15.4. The smallest absolute Gasteiger partial charge is 0.310 e. The summed E-state index contributed by atoms with van der Waals surface area (Å²) < 4.78 is 4.67. The van der Waals surface area contributed by atoms with Crippen molar-refractivity contribution in [3.05, 3.63) is 21.9 Å². The Bertz CT molecular complexity index is 449. The number of halogens is 1. The number of guanidine groups is 1. The van der Waals surface area contributed by atoms with Gasteiger partial charge in [-0.2, -0.15) is 0 Å². The van der Waals surface area contributed by atoms with Crippen LogP contribution in [0.2, 0.25) is 0 Å². The molecule has 1 atom stereocenters. The molecule has 5 nitrogen and oxygen atoms in total. The molecule has 0 fully saturated rings. The summed E-state index contributed by atoms with van der Waals surface area (Å²) in [6.45, 7) is 5.13. The van der Waals surface area contributed by atoms with Gasteiger partial charge in [-0.15, -0.1) is 35.3 Å². The molecule has 0 aliphatic rings. The number of hydrogen-bond donors (Lipinski definition) is 2. The summed E-state index contributed by atoms with van der Waals surface area (Å²) in [4.78, 5) is 16.7. The second-order valence-electron chi connectivity index (χ2n) is 4.26. The second kappa shape index (κ2) is 9.98. The van der Waals surface area contributed by atoms with Gasteiger partial charge in [-0.1, -0.05) is 6.92 Å². The lowest BCUT2D eigenvalue weighted by Crippen LogP contribution is -2.40. The van der Waals surface area contributed by atoms with E-state index in [9.17, 15) is 4.79 Å². The van der Waals surface area contributed by atoms with Crippen LogP contribution in [0.5, 0.6) is 0 Å². The molecule has 7 heteroatoms. The largest absolute Gasteiger partial charge is 0.469 e. The number of nitrogens with zero attached hydrogens (tertiary/aromatic N) is 1. The average Bonchev–Trinajstić information content (AvgIpc) is 2.83. The van der Waals surface area contributed by atoms with Crippen LogP contribution < -0.4 is 10.6 Å². The van der Waals surface area contributed by atoms with Crippen LogP contribution >= 0.6 is 35.3 Å². The molecule has 1 heterocycles. The van der Waals surface area contributed by atoms with E-state index in [2.05, 4.69) is 38.7 Å². The first-order valence-electron chi connectivity index (χ1n) is 6.13. The fourth-order valence-corrected chi connectivity index (χ4v) is 2.35. The molecule has 114 valence electrons. The van der Waals surface area contributed by atoms with E-state index in [4.69, 9.17) is 0 Å². The summed E-state index contributed by atoms with van der Waals surface area (Å²) in [5.41, 5.74) is 1.27. The number of methoxy groups -OCH3 is 1. The van der Waals surface area contributed by atoms with Gasteiger partial charge in [0, 0.05) is 18.5 Å². The number of aliphatic imine (C=N–C) groups is 1. The number of carbonyl (C=O) groups excluding carboxylic acids is 1. The first-order chi connectivity index (χ1) is 9.08. The Balaban J connectivity index is 0.00000361. The minimum Gasteiger partial charge on any atom is -0.469 e. The molecule has 1 unspecified atom stereocenters. The van der Waals surface area contributed by atoms with E-state index in [1.165, 1.54) is 17.6 Å². The van der Waals surface area contributed by atoms with Crippen LogP contribution in [0.15, 0.2) is 16.4 Å². The fourth-order valence-electron chi connectivity index (χ4n) is 1.50. The lowest BCUT2D eigenvalue weighted by molar-refractivity contribution is -0.144. The first kappa shape index (κ1) is 19.2. The molecule has 0 aliphatic heterocycles. The quantitative estimate of drug-likeness (QED) is 0.338. The predicted octanol–water partition coefficient (Wildman–Crippen LogP) is 2.15. The minimum absolute atomic E-state index is 0. The molecular weight excluding hydrogens is 389 g/mol. The number of hydrogen-bond acceptors (Lipinski definition) is 4. The van der Waals surface area contributed by atoms with Gasteiger partial charge >= 0.3 is 5.97 Å². The molecule has 0 bridgehead atoms. The van der Waals surface area contributed by atoms with Gasteiger partial charge in [0.1, 0.15) is 0 Å². The molecule has 0 amide bonds. The van der Waals surface area contributed by atoms with Crippen LogP contribution in [-0.2, 0) is 16.1 Å². The Morgan fingerprint density at radius 3 is 2.70 bits per heavy atom. The van der Waals surface area contributed by atoms with Gasteiger partial charge < -0.3 is 15.4 Å². The molecule has 20 heavy (non-hydrogen) atoms. The highest BCUT2D eigenvalue weighted by atomic mass is 127. The van der Waals surface area contributed by atoms with Crippen molar-refractivity contribution in [3.63, 3.8) is 0 Å². The number of esters is 1. The Morgan fingerprint density at radius 1 is 1.50 bits per heavy atom. The van der Waals surface area contributed by atoms with E-state index in [-0.39, 0.29) is 35.9 Å². The SMILES string of the molecule is CN=C(NCc1sccc1C)NCC(C)C(=O)OC.I. The molecule has 2 N–H and O–H groups in total. The van der Waals surface area contributed by atoms with Gasteiger partial charge in [0.05, 0.1) is 19.6 Å². The van der Waals surface area contributed by atoms with Gasteiger partial charge in [0.15, 0.2) is 5.96 Å². The first-order valence-corrected chi connectivity index (χ1v) is 7.01.